The Morgan fingerprint density at radius 1 is 1.20 bits per heavy atom. The number of benzene rings is 2. The monoisotopic (exact) mass is 331 g/mol. The summed E-state index contributed by atoms with van der Waals surface area (Å²) in [6.45, 7) is 1.29. The first-order valence-electron chi connectivity index (χ1n) is 6.38. The van der Waals surface area contributed by atoms with E-state index in [0.717, 1.165) is 26.9 Å². The minimum absolute atomic E-state index is 0.0946. The Morgan fingerprint density at radius 3 is 2.65 bits per heavy atom. The molecule has 1 aliphatic heterocycles. The van der Waals surface area contributed by atoms with Gasteiger partial charge in [-0.2, -0.15) is 0 Å². The third kappa shape index (κ3) is 2.43. The lowest BCUT2D eigenvalue weighted by molar-refractivity contribution is 0.0766. The van der Waals surface area contributed by atoms with Crippen molar-refractivity contribution in [1.82, 2.24) is 4.90 Å². The molecular formula is C16H14BrNO2. The predicted octanol–water partition coefficient (Wildman–Crippen LogP) is 3.61. The van der Waals surface area contributed by atoms with E-state index in [1.165, 1.54) is 0 Å². The molecular weight excluding hydrogens is 318 g/mol. The van der Waals surface area contributed by atoms with Crippen LogP contribution in [-0.4, -0.2) is 17.9 Å². The highest BCUT2D eigenvalue weighted by Gasteiger charge is 2.27. The maximum Gasteiger partial charge on any atom is 0.254 e. The summed E-state index contributed by atoms with van der Waals surface area (Å²) in [6, 6.07) is 13.7. The van der Waals surface area contributed by atoms with Crippen molar-refractivity contribution in [3.8, 4) is 5.75 Å². The van der Waals surface area contributed by atoms with E-state index in [4.69, 9.17) is 4.74 Å². The normalized spacial score (nSPS) is 13.5. The van der Waals surface area contributed by atoms with Gasteiger partial charge in [0.05, 0.1) is 7.11 Å². The molecule has 0 radical (unpaired) electrons. The van der Waals surface area contributed by atoms with Gasteiger partial charge in [0.15, 0.2) is 0 Å². The minimum Gasteiger partial charge on any atom is -0.497 e. The van der Waals surface area contributed by atoms with E-state index in [2.05, 4.69) is 15.9 Å². The fraction of sp³-hybridized carbons (Fsp3) is 0.188. The van der Waals surface area contributed by atoms with E-state index in [0.29, 0.717) is 13.1 Å². The van der Waals surface area contributed by atoms with Crippen molar-refractivity contribution in [3.05, 3.63) is 63.6 Å². The molecule has 2 aromatic rings. The third-order valence-electron chi connectivity index (χ3n) is 3.48. The Balaban J connectivity index is 1.78. The highest BCUT2D eigenvalue weighted by atomic mass is 79.9. The highest BCUT2D eigenvalue weighted by Crippen LogP contribution is 2.27. The lowest BCUT2D eigenvalue weighted by atomic mass is 10.1. The van der Waals surface area contributed by atoms with Gasteiger partial charge in [0.25, 0.3) is 5.91 Å². The van der Waals surface area contributed by atoms with Crippen molar-refractivity contribution in [3.63, 3.8) is 0 Å². The Bertz CT molecular complexity index is 652. The maximum absolute atomic E-state index is 12.4. The van der Waals surface area contributed by atoms with Crippen LogP contribution in [0.4, 0.5) is 0 Å². The highest BCUT2D eigenvalue weighted by molar-refractivity contribution is 9.10. The number of halogens is 1. The number of methoxy groups -OCH3 is 1. The van der Waals surface area contributed by atoms with Crippen LogP contribution in [0.3, 0.4) is 0 Å². The van der Waals surface area contributed by atoms with Crippen LogP contribution < -0.4 is 4.74 Å². The van der Waals surface area contributed by atoms with Crippen LogP contribution in [0.25, 0.3) is 0 Å². The summed E-state index contributed by atoms with van der Waals surface area (Å²) in [5.41, 5.74) is 2.99. The molecule has 0 spiro atoms. The first-order chi connectivity index (χ1) is 9.67. The second kappa shape index (κ2) is 5.29. The molecule has 2 aromatic carbocycles. The summed E-state index contributed by atoms with van der Waals surface area (Å²) in [4.78, 5) is 14.2. The average molecular weight is 332 g/mol. The molecule has 20 heavy (non-hydrogen) atoms. The number of rotatable bonds is 3. The Hall–Kier alpha value is -1.81. The van der Waals surface area contributed by atoms with E-state index >= 15 is 0 Å². The minimum atomic E-state index is 0.0946. The van der Waals surface area contributed by atoms with E-state index in [1.54, 1.807) is 7.11 Å². The second-order valence-corrected chi connectivity index (χ2v) is 5.73. The maximum atomic E-state index is 12.4. The molecule has 0 bridgehead atoms. The first kappa shape index (κ1) is 13.2. The number of carbonyl (C=O) groups excluding carboxylic acids is 1. The molecule has 1 heterocycles. The third-order valence-corrected chi connectivity index (χ3v) is 3.98. The number of ether oxygens (including phenoxy) is 1. The van der Waals surface area contributed by atoms with Crippen LogP contribution in [0.2, 0.25) is 0 Å². The molecule has 0 saturated heterocycles. The molecule has 0 fully saturated rings. The van der Waals surface area contributed by atoms with E-state index in [-0.39, 0.29) is 5.91 Å². The molecule has 0 aliphatic carbocycles. The molecule has 1 amide bonds. The van der Waals surface area contributed by atoms with E-state index in [1.807, 2.05) is 47.4 Å². The molecule has 3 nitrogen and oxygen atoms in total. The SMILES string of the molecule is COc1ccc(CN2Cc3ccc(Br)cc3C2=O)cc1. The van der Waals surface area contributed by atoms with Gasteiger partial charge in [-0.15, -0.1) is 0 Å². The summed E-state index contributed by atoms with van der Waals surface area (Å²) < 4.78 is 6.08. The van der Waals surface area contributed by atoms with Crippen molar-refractivity contribution >= 4 is 21.8 Å². The summed E-state index contributed by atoms with van der Waals surface area (Å²) in [6.07, 6.45) is 0. The van der Waals surface area contributed by atoms with Crippen molar-refractivity contribution in [1.29, 1.82) is 0 Å². The van der Waals surface area contributed by atoms with Crippen LogP contribution in [0.15, 0.2) is 46.9 Å². The van der Waals surface area contributed by atoms with Crippen LogP contribution in [-0.2, 0) is 13.1 Å². The fourth-order valence-electron chi connectivity index (χ4n) is 2.41. The first-order valence-corrected chi connectivity index (χ1v) is 7.17. The molecule has 0 N–H and O–H groups in total. The van der Waals surface area contributed by atoms with Crippen LogP contribution in [0.5, 0.6) is 5.75 Å². The van der Waals surface area contributed by atoms with Gasteiger partial charge in [0.1, 0.15) is 5.75 Å². The zero-order valence-corrected chi connectivity index (χ0v) is 12.7. The summed E-state index contributed by atoms with van der Waals surface area (Å²) in [7, 11) is 1.65. The van der Waals surface area contributed by atoms with Gasteiger partial charge in [-0.3, -0.25) is 4.79 Å². The predicted molar refractivity (Wildman–Crippen MR) is 80.7 cm³/mol. The molecule has 0 aromatic heterocycles. The van der Waals surface area contributed by atoms with Crippen LogP contribution >= 0.6 is 15.9 Å². The second-order valence-electron chi connectivity index (χ2n) is 4.81. The van der Waals surface area contributed by atoms with E-state index in [9.17, 15) is 4.79 Å². The Morgan fingerprint density at radius 2 is 1.95 bits per heavy atom. The summed E-state index contributed by atoms with van der Waals surface area (Å²) >= 11 is 3.41. The number of carbonyl (C=O) groups is 1. The summed E-state index contributed by atoms with van der Waals surface area (Å²) in [5.74, 6) is 0.922. The standard InChI is InChI=1S/C16H14BrNO2/c1-20-14-6-2-11(3-7-14)9-18-10-12-4-5-13(17)8-15(12)16(18)19/h2-8H,9-10H2,1H3. The molecule has 1 aliphatic rings. The van der Waals surface area contributed by atoms with Crippen LogP contribution in [0.1, 0.15) is 21.5 Å². The van der Waals surface area contributed by atoms with Gasteiger partial charge in [0.2, 0.25) is 0 Å². The quantitative estimate of drug-likeness (QED) is 0.859. The number of hydrogen-bond donors (Lipinski definition) is 0. The lowest BCUT2D eigenvalue weighted by Gasteiger charge is -2.15. The van der Waals surface area contributed by atoms with E-state index < -0.39 is 0 Å². The number of nitrogens with zero attached hydrogens (tertiary/aromatic N) is 1. The van der Waals surface area contributed by atoms with Crippen molar-refractivity contribution in [2.24, 2.45) is 0 Å². The van der Waals surface area contributed by atoms with Gasteiger partial charge in [-0.25, -0.2) is 0 Å². The fourth-order valence-corrected chi connectivity index (χ4v) is 2.77. The smallest absolute Gasteiger partial charge is 0.254 e. The largest absolute Gasteiger partial charge is 0.497 e. The molecule has 102 valence electrons. The number of fused-ring (bicyclic) bond motifs is 1. The molecule has 0 saturated carbocycles. The Kier molecular flexibility index (Phi) is 3.49. The van der Waals surface area contributed by atoms with Gasteiger partial charge in [-0.1, -0.05) is 34.1 Å². The molecule has 0 atom stereocenters. The zero-order chi connectivity index (χ0) is 14.1. The summed E-state index contributed by atoms with van der Waals surface area (Å²) in [5, 5.41) is 0. The Labute approximate surface area is 126 Å². The molecule has 4 heteroatoms. The molecule has 3 rings (SSSR count). The van der Waals surface area contributed by atoms with Crippen molar-refractivity contribution in [2.45, 2.75) is 13.1 Å². The molecule has 0 unspecified atom stereocenters. The van der Waals surface area contributed by atoms with Crippen molar-refractivity contribution < 1.29 is 9.53 Å². The van der Waals surface area contributed by atoms with Gasteiger partial charge in [-0.05, 0) is 35.4 Å². The van der Waals surface area contributed by atoms with Gasteiger partial charge < -0.3 is 9.64 Å². The number of hydrogen-bond acceptors (Lipinski definition) is 2. The number of amides is 1. The van der Waals surface area contributed by atoms with Crippen molar-refractivity contribution in [2.75, 3.05) is 7.11 Å². The zero-order valence-electron chi connectivity index (χ0n) is 11.1. The topological polar surface area (TPSA) is 29.5 Å². The van der Waals surface area contributed by atoms with Crippen LogP contribution in [0, 0.1) is 0 Å². The average Bonchev–Trinajstić information content (AvgIpc) is 2.76. The van der Waals surface area contributed by atoms with Gasteiger partial charge in [0, 0.05) is 23.1 Å². The lowest BCUT2D eigenvalue weighted by Crippen LogP contribution is -2.23. The van der Waals surface area contributed by atoms with Gasteiger partial charge >= 0.3 is 0 Å².